The van der Waals surface area contributed by atoms with E-state index in [4.69, 9.17) is 11.6 Å². The normalized spacial score (nSPS) is 18.1. The lowest BCUT2D eigenvalue weighted by Gasteiger charge is -2.32. The summed E-state index contributed by atoms with van der Waals surface area (Å²) in [6.07, 6.45) is 1.63. The molecule has 2 aromatic carbocycles. The molecule has 0 aliphatic carbocycles. The van der Waals surface area contributed by atoms with Crippen molar-refractivity contribution in [2.24, 2.45) is 5.92 Å². The molecule has 25 heavy (non-hydrogen) atoms. The fourth-order valence-corrected chi connectivity index (χ4v) is 3.30. The zero-order valence-electron chi connectivity index (χ0n) is 13.6. The molecule has 1 amide bonds. The molecule has 1 fully saturated rings. The van der Waals surface area contributed by atoms with Crippen LogP contribution >= 0.6 is 11.6 Å². The van der Waals surface area contributed by atoms with E-state index in [0.717, 1.165) is 37.1 Å². The average Bonchev–Trinajstić information content (AvgIpc) is 2.60. The second kappa shape index (κ2) is 7.93. The van der Waals surface area contributed by atoms with Gasteiger partial charge < -0.3 is 5.32 Å². The molecule has 0 unspecified atom stereocenters. The van der Waals surface area contributed by atoms with E-state index in [0.29, 0.717) is 18.1 Å². The molecule has 6 heteroatoms. The minimum Gasteiger partial charge on any atom is -0.323 e. The van der Waals surface area contributed by atoms with Gasteiger partial charge in [-0.2, -0.15) is 0 Å². The van der Waals surface area contributed by atoms with Gasteiger partial charge in [-0.25, -0.2) is 8.78 Å². The van der Waals surface area contributed by atoms with E-state index >= 15 is 0 Å². The summed E-state index contributed by atoms with van der Waals surface area (Å²) in [6, 6.07) is 10.8. The predicted octanol–water partition coefficient (Wildman–Crippen LogP) is 4.47. The minimum absolute atomic E-state index is 0.00891. The first-order valence-corrected chi connectivity index (χ1v) is 8.62. The number of hydrogen-bond donors (Lipinski definition) is 1. The standard InChI is InChI=1S/C19H19ClF2N2O/c20-16-6-2-1-4-13(16)11-24-9-3-5-14(12-24)19(25)23-18-8-7-15(21)10-17(18)22/h1-2,4,6-8,10,14H,3,5,9,11-12H2,(H,23,25)/t14-/m0/s1. The maximum Gasteiger partial charge on any atom is 0.228 e. The van der Waals surface area contributed by atoms with E-state index in [2.05, 4.69) is 10.2 Å². The van der Waals surface area contributed by atoms with Crippen LogP contribution in [0.5, 0.6) is 0 Å². The van der Waals surface area contributed by atoms with Crippen molar-refractivity contribution >= 4 is 23.2 Å². The molecule has 1 aliphatic rings. The van der Waals surface area contributed by atoms with Gasteiger partial charge in [0.05, 0.1) is 11.6 Å². The third kappa shape index (κ3) is 4.55. The van der Waals surface area contributed by atoms with E-state index in [1.807, 2.05) is 24.3 Å². The summed E-state index contributed by atoms with van der Waals surface area (Å²) in [5.74, 6) is -1.91. The first-order valence-electron chi connectivity index (χ1n) is 8.24. The molecule has 1 saturated heterocycles. The molecule has 2 aromatic rings. The van der Waals surface area contributed by atoms with Crippen molar-refractivity contribution in [2.45, 2.75) is 19.4 Å². The lowest BCUT2D eigenvalue weighted by Crippen LogP contribution is -2.40. The van der Waals surface area contributed by atoms with Crippen LogP contribution < -0.4 is 5.32 Å². The molecule has 1 heterocycles. The first-order chi connectivity index (χ1) is 12.0. The summed E-state index contributed by atoms with van der Waals surface area (Å²) in [5.41, 5.74) is 1.03. The number of piperidine rings is 1. The highest BCUT2D eigenvalue weighted by atomic mass is 35.5. The van der Waals surface area contributed by atoms with Crippen molar-refractivity contribution in [3.63, 3.8) is 0 Å². The maximum atomic E-state index is 13.7. The second-order valence-electron chi connectivity index (χ2n) is 6.28. The lowest BCUT2D eigenvalue weighted by molar-refractivity contribution is -0.121. The topological polar surface area (TPSA) is 32.3 Å². The number of halogens is 3. The molecule has 0 radical (unpaired) electrons. The van der Waals surface area contributed by atoms with E-state index in [1.165, 1.54) is 6.07 Å². The van der Waals surface area contributed by atoms with Crippen LogP contribution in [0.2, 0.25) is 5.02 Å². The van der Waals surface area contributed by atoms with Crippen LogP contribution in [0.3, 0.4) is 0 Å². The summed E-state index contributed by atoms with van der Waals surface area (Å²) in [7, 11) is 0. The van der Waals surface area contributed by atoms with Crippen LogP contribution in [-0.4, -0.2) is 23.9 Å². The predicted molar refractivity (Wildman–Crippen MR) is 94.4 cm³/mol. The zero-order valence-corrected chi connectivity index (χ0v) is 14.4. The van der Waals surface area contributed by atoms with Gasteiger partial charge in [0.2, 0.25) is 5.91 Å². The third-order valence-electron chi connectivity index (χ3n) is 4.42. The molecular weight excluding hydrogens is 346 g/mol. The molecule has 1 N–H and O–H groups in total. The number of benzene rings is 2. The molecule has 0 aromatic heterocycles. The van der Waals surface area contributed by atoms with Crippen LogP contribution in [-0.2, 0) is 11.3 Å². The molecule has 0 spiro atoms. The van der Waals surface area contributed by atoms with E-state index in [-0.39, 0.29) is 17.5 Å². The van der Waals surface area contributed by atoms with Gasteiger partial charge in [0.25, 0.3) is 0 Å². The molecule has 1 atom stereocenters. The molecule has 0 bridgehead atoms. The Balaban J connectivity index is 1.62. The summed E-state index contributed by atoms with van der Waals surface area (Å²) in [5, 5.41) is 3.28. The molecule has 132 valence electrons. The Morgan fingerprint density at radius 3 is 2.80 bits per heavy atom. The molecule has 3 rings (SSSR count). The van der Waals surface area contributed by atoms with Crippen LogP contribution in [0.25, 0.3) is 0 Å². The number of nitrogens with zero attached hydrogens (tertiary/aromatic N) is 1. The number of likely N-dealkylation sites (tertiary alicyclic amines) is 1. The van der Waals surface area contributed by atoms with Gasteiger partial charge in [0.1, 0.15) is 11.6 Å². The van der Waals surface area contributed by atoms with Crippen molar-refractivity contribution in [1.29, 1.82) is 0 Å². The Kier molecular flexibility index (Phi) is 5.66. The number of rotatable bonds is 4. The van der Waals surface area contributed by atoms with Crippen LogP contribution in [0.1, 0.15) is 18.4 Å². The number of nitrogens with one attached hydrogen (secondary N) is 1. The number of carbonyl (C=O) groups is 1. The van der Waals surface area contributed by atoms with Gasteiger partial charge in [0.15, 0.2) is 0 Å². The Morgan fingerprint density at radius 1 is 1.24 bits per heavy atom. The average molecular weight is 365 g/mol. The van der Waals surface area contributed by atoms with Gasteiger partial charge in [-0.15, -0.1) is 0 Å². The number of hydrogen-bond acceptors (Lipinski definition) is 2. The summed E-state index contributed by atoms with van der Waals surface area (Å²) >= 11 is 6.20. The fraction of sp³-hybridized carbons (Fsp3) is 0.316. The van der Waals surface area contributed by atoms with Gasteiger partial charge in [-0.3, -0.25) is 9.69 Å². The number of anilines is 1. The maximum absolute atomic E-state index is 13.7. The summed E-state index contributed by atoms with van der Waals surface area (Å²) < 4.78 is 26.7. The largest absolute Gasteiger partial charge is 0.323 e. The molecule has 0 saturated carbocycles. The lowest BCUT2D eigenvalue weighted by atomic mass is 9.96. The summed E-state index contributed by atoms with van der Waals surface area (Å²) in [4.78, 5) is 14.6. The Morgan fingerprint density at radius 2 is 2.04 bits per heavy atom. The fourth-order valence-electron chi connectivity index (χ4n) is 3.11. The van der Waals surface area contributed by atoms with Crippen LogP contribution in [0, 0.1) is 17.6 Å². The van der Waals surface area contributed by atoms with E-state index in [1.54, 1.807) is 0 Å². The minimum atomic E-state index is -0.767. The first kappa shape index (κ1) is 17.8. The van der Waals surface area contributed by atoms with Crippen molar-refractivity contribution in [3.8, 4) is 0 Å². The van der Waals surface area contributed by atoms with E-state index < -0.39 is 11.6 Å². The van der Waals surface area contributed by atoms with Gasteiger partial charge in [-0.05, 0) is 43.1 Å². The van der Waals surface area contributed by atoms with Crippen molar-refractivity contribution in [1.82, 2.24) is 4.90 Å². The molecular formula is C19H19ClF2N2O. The number of amides is 1. The van der Waals surface area contributed by atoms with Gasteiger partial charge in [0, 0.05) is 24.2 Å². The molecule has 3 nitrogen and oxygen atoms in total. The zero-order chi connectivity index (χ0) is 17.8. The Hall–Kier alpha value is -1.98. The third-order valence-corrected chi connectivity index (χ3v) is 4.79. The van der Waals surface area contributed by atoms with Crippen LogP contribution in [0.4, 0.5) is 14.5 Å². The van der Waals surface area contributed by atoms with Crippen molar-refractivity contribution < 1.29 is 13.6 Å². The van der Waals surface area contributed by atoms with Crippen molar-refractivity contribution in [3.05, 3.63) is 64.7 Å². The Bertz CT molecular complexity index is 769. The van der Waals surface area contributed by atoms with Gasteiger partial charge in [-0.1, -0.05) is 29.8 Å². The highest BCUT2D eigenvalue weighted by molar-refractivity contribution is 6.31. The van der Waals surface area contributed by atoms with Gasteiger partial charge >= 0.3 is 0 Å². The number of carbonyl (C=O) groups excluding carboxylic acids is 1. The SMILES string of the molecule is O=C(Nc1ccc(F)cc1F)[C@H]1CCCN(Cc2ccccc2Cl)C1. The monoisotopic (exact) mass is 364 g/mol. The Labute approximate surface area is 150 Å². The second-order valence-corrected chi connectivity index (χ2v) is 6.69. The highest BCUT2D eigenvalue weighted by Crippen LogP contribution is 2.24. The quantitative estimate of drug-likeness (QED) is 0.868. The molecule has 1 aliphatic heterocycles. The highest BCUT2D eigenvalue weighted by Gasteiger charge is 2.26. The van der Waals surface area contributed by atoms with Crippen molar-refractivity contribution in [2.75, 3.05) is 18.4 Å². The summed E-state index contributed by atoms with van der Waals surface area (Å²) in [6.45, 7) is 2.15. The van der Waals surface area contributed by atoms with E-state index in [9.17, 15) is 13.6 Å². The van der Waals surface area contributed by atoms with Crippen LogP contribution in [0.15, 0.2) is 42.5 Å². The smallest absolute Gasteiger partial charge is 0.228 e.